The van der Waals surface area contributed by atoms with Gasteiger partial charge in [-0.05, 0) is 92.3 Å². The van der Waals surface area contributed by atoms with Crippen molar-refractivity contribution in [2.24, 2.45) is 0 Å². The first-order valence-corrected chi connectivity index (χ1v) is 25.8. The molecule has 1 heterocycles. The molecule has 10 aromatic carbocycles. The first kappa shape index (κ1) is 41.9. The molecule has 0 amide bonds. The second-order valence-electron chi connectivity index (χ2n) is 18.0. The Labute approximate surface area is 405 Å². The molecule has 328 valence electrons. The summed E-state index contributed by atoms with van der Waals surface area (Å²) in [4.78, 5) is 2.43. The molecule has 0 unspecified atom stereocenters. The van der Waals surface area contributed by atoms with Crippen LogP contribution in [0.3, 0.4) is 0 Å². The van der Waals surface area contributed by atoms with E-state index < -0.39 is 13.5 Å². The van der Waals surface area contributed by atoms with E-state index in [4.69, 9.17) is 4.42 Å². The van der Waals surface area contributed by atoms with Gasteiger partial charge in [-0.15, -0.1) is 0 Å². The van der Waals surface area contributed by atoms with Gasteiger partial charge in [0.2, 0.25) is 0 Å². The topological polar surface area (TPSA) is 16.4 Å². The van der Waals surface area contributed by atoms with E-state index in [1.54, 1.807) is 0 Å². The summed E-state index contributed by atoms with van der Waals surface area (Å²) in [6.45, 7) is 6.95. The SMILES string of the molecule is C=C/C(=C\C=C(/C)[Si](c1ccccc1)(c1ccccc1)c1ccccc1)N(c1ccc2c(c1)C(c1ccccc1)(c1ccccc1)c1ccccc1-2)c1cc2c3ccccc3oc2c2ccccc12. The third-order valence-electron chi connectivity index (χ3n) is 14.5. The lowest BCUT2D eigenvalue weighted by Gasteiger charge is -2.35. The van der Waals surface area contributed by atoms with Crippen molar-refractivity contribution in [3.8, 4) is 11.1 Å². The fraction of sp³-hybridized carbons (Fsp3) is 0.0303. The number of rotatable bonds is 11. The van der Waals surface area contributed by atoms with Crippen molar-refractivity contribution in [3.05, 3.63) is 307 Å². The number of benzene rings is 10. The molecule has 1 aliphatic rings. The van der Waals surface area contributed by atoms with Crippen LogP contribution in [0.1, 0.15) is 29.2 Å². The molecule has 0 N–H and O–H groups in total. The molecule has 12 rings (SSSR count). The number of hydrogen-bond donors (Lipinski definition) is 0. The third-order valence-corrected chi connectivity index (χ3v) is 19.4. The minimum atomic E-state index is -2.79. The number of hydrogen-bond acceptors (Lipinski definition) is 2. The number of allylic oxidation sites excluding steroid dienone is 4. The summed E-state index contributed by atoms with van der Waals surface area (Å²) in [5.41, 5.74) is 11.6. The summed E-state index contributed by atoms with van der Waals surface area (Å²) in [5, 5.41) is 9.60. The van der Waals surface area contributed by atoms with E-state index in [-0.39, 0.29) is 0 Å². The lowest BCUT2D eigenvalue weighted by Crippen LogP contribution is -2.68. The Morgan fingerprint density at radius 3 is 1.55 bits per heavy atom. The lowest BCUT2D eigenvalue weighted by molar-refractivity contribution is 0.672. The van der Waals surface area contributed by atoms with Crippen molar-refractivity contribution in [1.82, 2.24) is 0 Å². The Morgan fingerprint density at radius 1 is 0.464 bits per heavy atom. The summed E-state index contributed by atoms with van der Waals surface area (Å²) >= 11 is 0. The van der Waals surface area contributed by atoms with Gasteiger partial charge >= 0.3 is 0 Å². The second-order valence-corrected chi connectivity index (χ2v) is 22.0. The molecular formula is C66H49NOSi. The van der Waals surface area contributed by atoms with Gasteiger partial charge in [0.15, 0.2) is 8.07 Å². The molecule has 0 bridgehead atoms. The van der Waals surface area contributed by atoms with E-state index in [0.717, 1.165) is 49.8 Å². The number of para-hydroxylation sites is 1. The maximum absolute atomic E-state index is 6.70. The van der Waals surface area contributed by atoms with Crippen LogP contribution in [-0.4, -0.2) is 8.07 Å². The monoisotopic (exact) mass is 899 g/mol. The van der Waals surface area contributed by atoms with Gasteiger partial charge in [-0.2, -0.15) is 0 Å². The minimum absolute atomic E-state index is 0.580. The molecule has 11 aromatic rings. The predicted octanol–water partition coefficient (Wildman–Crippen LogP) is 15.0. The number of anilines is 2. The molecule has 0 aliphatic heterocycles. The molecule has 2 nitrogen and oxygen atoms in total. The normalized spacial score (nSPS) is 13.3. The highest BCUT2D eigenvalue weighted by atomic mass is 28.3. The fourth-order valence-electron chi connectivity index (χ4n) is 11.5. The smallest absolute Gasteiger partial charge is 0.175 e. The van der Waals surface area contributed by atoms with Gasteiger partial charge < -0.3 is 9.32 Å². The third kappa shape index (κ3) is 6.61. The molecule has 3 heteroatoms. The molecule has 0 saturated heterocycles. The average molecular weight is 900 g/mol. The number of fused-ring (bicyclic) bond motifs is 8. The Bertz CT molecular complexity index is 3610. The zero-order valence-electron chi connectivity index (χ0n) is 38.5. The largest absolute Gasteiger partial charge is 0.455 e. The van der Waals surface area contributed by atoms with Crippen molar-refractivity contribution < 1.29 is 4.42 Å². The van der Waals surface area contributed by atoms with Gasteiger partial charge in [-0.3, -0.25) is 0 Å². The molecule has 69 heavy (non-hydrogen) atoms. The highest BCUT2D eigenvalue weighted by molar-refractivity contribution is 7.16. The van der Waals surface area contributed by atoms with Crippen molar-refractivity contribution in [2.45, 2.75) is 12.3 Å². The van der Waals surface area contributed by atoms with Crippen LogP contribution in [0.5, 0.6) is 0 Å². The molecule has 0 radical (unpaired) electrons. The van der Waals surface area contributed by atoms with E-state index in [2.05, 4.69) is 273 Å². The zero-order valence-corrected chi connectivity index (χ0v) is 39.5. The molecule has 0 spiro atoms. The van der Waals surface area contributed by atoms with Crippen LogP contribution in [0.4, 0.5) is 11.4 Å². The molecular weight excluding hydrogens is 851 g/mol. The van der Waals surface area contributed by atoms with Crippen LogP contribution in [0.15, 0.2) is 289 Å². The van der Waals surface area contributed by atoms with E-state index in [0.29, 0.717) is 0 Å². The van der Waals surface area contributed by atoms with Crippen molar-refractivity contribution in [2.75, 3.05) is 4.90 Å². The predicted molar refractivity (Wildman–Crippen MR) is 293 cm³/mol. The Balaban J connectivity index is 1.16. The molecule has 0 atom stereocenters. The van der Waals surface area contributed by atoms with Gasteiger partial charge in [0.1, 0.15) is 11.2 Å². The minimum Gasteiger partial charge on any atom is -0.455 e. The van der Waals surface area contributed by atoms with Gasteiger partial charge in [0.05, 0.1) is 11.1 Å². The van der Waals surface area contributed by atoms with Gasteiger partial charge in [0.25, 0.3) is 0 Å². The summed E-state index contributed by atoms with van der Waals surface area (Å²) in [6, 6.07) is 90.9. The van der Waals surface area contributed by atoms with Crippen LogP contribution in [-0.2, 0) is 5.41 Å². The van der Waals surface area contributed by atoms with E-state index >= 15 is 0 Å². The number of furan rings is 1. The zero-order chi connectivity index (χ0) is 46.4. The van der Waals surface area contributed by atoms with Crippen LogP contribution in [0, 0.1) is 0 Å². The highest BCUT2D eigenvalue weighted by Crippen LogP contribution is 2.57. The van der Waals surface area contributed by atoms with Crippen LogP contribution in [0.25, 0.3) is 43.8 Å². The summed E-state index contributed by atoms with van der Waals surface area (Å²) in [6.07, 6.45) is 6.70. The van der Waals surface area contributed by atoms with Crippen molar-refractivity contribution >= 4 is 67.7 Å². The first-order chi connectivity index (χ1) is 34.1. The van der Waals surface area contributed by atoms with Crippen LogP contribution < -0.4 is 20.5 Å². The number of nitrogens with zero attached hydrogens (tertiary/aromatic N) is 1. The maximum atomic E-state index is 6.70. The summed E-state index contributed by atoms with van der Waals surface area (Å²) < 4.78 is 6.70. The molecule has 1 aromatic heterocycles. The Hall–Kier alpha value is -8.50. The van der Waals surface area contributed by atoms with Gasteiger partial charge in [-0.1, -0.05) is 242 Å². The first-order valence-electron chi connectivity index (χ1n) is 23.8. The summed E-state index contributed by atoms with van der Waals surface area (Å²) in [7, 11) is -2.79. The molecule has 1 aliphatic carbocycles. The van der Waals surface area contributed by atoms with Crippen molar-refractivity contribution in [1.29, 1.82) is 0 Å². The Morgan fingerprint density at radius 2 is 0.957 bits per heavy atom. The van der Waals surface area contributed by atoms with Crippen molar-refractivity contribution in [3.63, 3.8) is 0 Å². The van der Waals surface area contributed by atoms with E-state index in [1.807, 2.05) is 12.1 Å². The van der Waals surface area contributed by atoms with Gasteiger partial charge in [-0.25, -0.2) is 0 Å². The van der Waals surface area contributed by atoms with Gasteiger partial charge in [0, 0.05) is 32.9 Å². The molecule has 0 saturated carbocycles. The highest BCUT2D eigenvalue weighted by Gasteiger charge is 2.46. The maximum Gasteiger partial charge on any atom is 0.175 e. The van der Waals surface area contributed by atoms with Crippen LogP contribution in [0.2, 0.25) is 0 Å². The second kappa shape index (κ2) is 17.3. The Kier molecular flexibility index (Phi) is 10.5. The molecule has 0 fully saturated rings. The summed E-state index contributed by atoms with van der Waals surface area (Å²) in [5.74, 6) is 0. The standard InChI is InChI=1S/C66H49NOSi/c1-3-50(42-41-47(2)69(52-29-13-6-14-30-52,53-31-15-7-16-32-53)54-33-17-8-18-34-54)67(63-46-60-58-37-22-24-40-64(58)68-65(60)59-38-20-19-36-57(59)63)51-43-44-56-55-35-21-23-39-61(55)66(62(56)45-51,48-25-9-4-10-26-48)49-27-11-5-12-28-49/h3-46H,1H2,2H3/b47-41+,50-42+. The van der Waals surface area contributed by atoms with Crippen LogP contribution >= 0.6 is 0 Å². The fourth-order valence-corrected chi connectivity index (χ4v) is 16.3. The van der Waals surface area contributed by atoms with E-state index in [9.17, 15) is 0 Å². The average Bonchev–Trinajstić information content (AvgIpc) is 3.95. The quantitative estimate of drug-likeness (QED) is 0.0731. The lowest BCUT2D eigenvalue weighted by atomic mass is 9.67. The van der Waals surface area contributed by atoms with E-state index in [1.165, 1.54) is 54.1 Å².